The number of halogens is 2. The highest BCUT2D eigenvalue weighted by atomic mass is 35.5. The van der Waals surface area contributed by atoms with Gasteiger partial charge in [0.2, 0.25) is 0 Å². The molecule has 0 aliphatic rings. The second kappa shape index (κ2) is 8.89. The highest BCUT2D eigenvalue weighted by Crippen LogP contribution is 2.29. The molecule has 0 atom stereocenters. The first kappa shape index (κ1) is 22.5. The lowest BCUT2D eigenvalue weighted by molar-refractivity contribution is -0.589. The number of nitrogens with zero attached hydrogens (tertiary/aromatic N) is 3. The van der Waals surface area contributed by atoms with E-state index in [0.717, 1.165) is 6.08 Å². The standard InChI is InChI=1S/C23H23ClFN3O3/c1-5-31-20(30)14-19(29)22-27(16-12-10-15(25)11-13-16)21(26-28(22)23(2,3)4)17-8-6-7-9-18(17)24/h6-14H,5H2,1-4H3/p+1. The van der Waals surface area contributed by atoms with E-state index in [1.807, 2.05) is 26.8 Å². The van der Waals surface area contributed by atoms with Crippen LogP contribution in [0.2, 0.25) is 5.02 Å². The zero-order chi connectivity index (χ0) is 22.8. The number of esters is 1. The topological polar surface area (TPSA) is 68.2 Å². The predicted octanol–water partition coefficient (Wildman–Crippen LogP) is 4.84. The molecule has 3 aromatic rings. The number of rotatable bonds is 5. The Kier molecular flexibility index (Phi) is 6.45. The Labute approximate surface area is 185 Å². The van der Waals surface area contributed by atoms with E-state index < -0.39 is 17.3 Å². The summed E-state index contributed by atoms with van der Waals surface area (Å²) in [6, 6.07) is 12.9. The summed E-state index contributed by atoms with van der Waals surface area (Å²) in [5.74, 6) is -0.789. The van der Waals surface area contributed by atoms with Crippen LogP contribution in [0, 0.1) is 5.82 Å². The maximum Gasteiger partial charge on any atom is 0.334 e. The number of aliphatic hydroxyl groups excluding tert-OH is 1. The van der Waals surface area contributed by atoms with Crippen molar-refractivity contribution >= 4 is 23.3 Å². The van der Waals surface area contributed by atoms with Crippen LogP contribution in [-0.4, -0.2) is 27.5 Å². The molecule has 0 saturated heterocycles. The van der Waals surface area contributed by atoms with Crippen LogP contribution in [0.5, 0.6) is 0 Å². The predicted molar refractivity (Wildman–Crippen MR) is 116 cm³/mol. The van der Waals surface area contributed by atoms with Gasteiger partial charge in [-0.15, -0.1) is 0 Å². The smallest absolute Gasteiger partial charge is 0.334 e. The number of hydrogen-bond acceptors (Lipinski definition) is 4. The van der Waals surface area contributed by atoms with Crippen molar-refractivity contribution in [2.24, 2.45) is 0 Å². The molecule has 6 nitrogen and oxygen atoms in total. The number of carbonyl (C=O) groups is 1. The second-order valence-corrected chi connectivity index (χ2v) is 8.21. The zero-order valence-electron chi connectivity index (χ0n) is 17.8. The molecule has 0 radical (unpaired) electrons. The maximum absolute atomic E-state index is 13.6. The normalized spacial score (nSPS) is 12.1. The average molecular weight is 445 g/mol. The molecule has 0 amide bonds. The van der Waals surface area contributed by atoms with Crippen molar-refractivity contribution in [2.75, 3.05) is 6.61 Å². The van der Waals surface area contributed by atoms with E-state index in [1.165, 1.54) is 12.1 Å². The van der Waals surface area contributed by atoms with E-state index in [1.54, 1.807) is 46.5 Å². The second-order valence-electron chi connectivity index (χ2n) is 7.80. The molecule has 0 spiro atoms. The van der Waals surface area contributed by atoms with Gasteiger partial charge in [-0.1, -0.05) is 28.4 Å². The van der Waals surface area contributed by atoms with Crippen molar-refractivity contribution in [3.05, 3.63) is 71.3 Å². The van der Waals surface area contributed by atoms with Crippen molar-refractivity contribution in [1.29, 1.82) is 0 Å². The fourth-order valence-corrected chi connectivity index (χ4v) is 3.30. The Morgan fingerprint density at radius 2 is 1.87 bits per heavy atom. The van der Waals surface area contributed by atoms with Gasteiger partial charge < -0.3 is 9.84 Å². The van der Waals surface area contributed by atoms with Crippen LogP contribution in [0.25, 0.3) is 22.8 Å². The summed E-state index contributed by atoms with van der Waals surface area (Å²) in [7, 11) is 0. The third-order valence-corrected chi connectivity index (χ3v) is 4.75. The Hall–Kier alpha value is -3.19. The minimum Gasteiger partial charge on any atom is -0.502 e. The SMILES string of the molecule is CCOC(=O)/C=C(\O)c1n(C(C)(C)C)nc(-c2ccccc2Cl)[n+]1-c1ccc(F)cc1. The molecule has 31 heavy (non-hydrogen) atoms. The van der Waals surface area contributed by atoms with Crippen LogP contribution >= 0.6 is 11.6 Å². The summed E-state index contributed by atoms with van der Waals surface area (Å²) >= 11 is 6.45. The van der Waals surface area contributed by atoms with Crippen molar-refractivity contribution in [3.63, 3.8) is 0 Å². The van der Waals surface area contributed by atoms with E-state index in [4.69, 9.17) is 21.4 Å². The summed E-state index contributed by atoms with van der Waals surface area (Å²) in [5, 5.41) is 16.1. The first-order valence-corrected chi connectivity index (χ1v) is 10.2. The van der Waals surface area contributed by atoms with Crippen molar-refractivity contribution < 1.29 is 23.6 Å². The minimum atomic E-state index is -0.688. The van der Waals surface area contributed by atoms with Gasteiger partial charge in [-0.25, -0.2) is 9.18 Å². The number of benzene rings is 2. The molecule has 0 fully saturated rings. The molecular formula is C23H24ClFN3O3+. The van der Waals surface area contributed by atoms with Crippen LogP contribution < -0.4 is 4.57 Å². The lowest BCUT2D eigenvalue weighted by Gasteiger charge is -2.14. The minimum absolute atomic E-state index is 0.171. The molecule has 1 heterocycles. The first-order valence-electron chi connectivity index (χ1n) is 9.77. The fraction of sp³-hybridized carbons (Fsp3) is 0.261. The van der Waals surface area contributed by atoms with Gasteiger partial charge >= 0.3 is 17.6 Å². The van der Waals surface area contributed by atoms with E-state index in [9.17, 15) is 14.3 Å². The fourth-order valence-electron chi connectivity index (χ4n) is 3.08. The van der Waals surface area contributed by atoms with Gasteiger partial charge in [-0.2, -0.15) is 4.57 Å². The van der Waals surface area contributed by atoms with E-state index >= 15 is 0 Å². The summed E-state index contributed by atoms with van der Waals surface area (Å²) in [5.41, 5.74) is 0.569. The van der Waals surface area contributed by atoms with Gasteiger partial charge in [0.25, 0.3) is 0 Å². The third-order valence-electron chi connectivity index (χ3n) is 4.42. The zero-order valence-corrected chi connectivity index (χ0v) is 18.5. The molecule has 3 rings (SSSR count). The number of hydrogen-bond donors (Lipinski definition) is 1. The Morgan fingerprint density at radius 3 is 2.45 bits per heavy atom. The van der Waals surface area contributed by atoms with Gasteiger partial charge in [0.15, 0.2) is 5.76 Å². The molecular weight excluding hydrogens is 421 g/mol. The molecule has 162 valence electrons. The van der Waals surface area contributed by atoms with Crippen molar-refractivity contribution in [3.8, 4) is 17.1 Å². The molecule has 0 unspecified atom stereocenters. The van der Waals surface area contributed by atoms with Crippen LogP contribution in [0.4, 0.5) is 4.39 Å². The van der Waals surface area contributed by atoms with Crippen LogP contribution in [0.15, 0.2) is 54.6 Å². The van der Waals surface area contributed by atoms with Crippen LogP contribution in [-0.2, 0) is 15.1 Å². The molecule has 0 saturated carbocycles. The summed E-state index contributed by atoms with van der Waals surface area (Å²) in [6.45, 7) is 7.58. The Morgan fingerprint density at radius 1 is 1.23 bits per heavy atom. The highest BCUT2D eigenvalue weighted by molar-refractivity contribution is 6.33. The molecule has 0 aliphatic carbocycles. The average Bonchev–Trinajstić information content (AvgIpc) is 3.10. The first-order chi connectivity index (χ1) is 14.6. The monoisotopic (exact) mass is 444 g/mol. The van der Waals surface area contributed by atoms with Gasteiger partial charge in [-0.05, 0) is 64.1 Å². The van der Waals surface area contributed by atoms with Gasteiger partial charge in [0, 0.05) is 5.10 Å². The van der Waals surface area contributed by atoms with Crippen LogP contribution in [0.3, 0.4) is 0 Å². The Bertz CT molecular complexity index is 1130. The number of aliphatic hydroxyl groups is 1. The Balaban J connectivity index is 2.40. The van der Waals surface area contributed by atoms with Crippen molar-refractivity contribution in [2.45, 2.75) is 33.2 Å². The number of ether oxygens (including phenoxy) is 1. The van der Waals surface area contributed by atoms with Crippen LogP contribution in [0.1, 0.15) is 33.5 Å². The summed E-state index contributed by atoms with van der Waals surface area (Å²) in [4.78, 5) is 12.0. The van der Waals surface area contributed by atoms with Gasteiger partial charge in [-0.3, -0.25) is 0 Å². The molecule has 2 aromatic carbocycles. The molecule has 0 aliphatic heterocycles. The third kappa shape index (κ3) is 4.77. The summed E-state index contributed by atoms with van der Waals surface area (Å²) in [6.07, 6.45) is 0.999. The number of aromatic nitrogens is 3. The molecule has 0 bridgehead atoms. The van der Waals surface area contributed by atoms with Gasteiger partial charge in [0.1, 0.15) is 17.0 Å². The molecule has 1 N–H and O–H groups in total. The summed E-state index contributed by atoms with van der Waals surface area (Å²) < 4.78 is 21.8. The van der Waals surface area contributed by atoms with Crippen molar-refractivity contribution in [1.82, 2.24) is 9.78 Å². The van der Waals surface area contributed by atoms with E-state index in [0.29, 0.717) is 22.1 Å². The van der Waals surface area contributed by atoms with E-state index in [2.05, 4.69) is 0 Å². The quantitative estimate of drug-likeness (QED) is 0.265. The maximum atomic E-state index is 13.6. The lowest BCUT2D eigenvalue weighted by Crippen LogP contribution is -2.38. The lowest BCUT2D eigenvalue weighted by atomic mass is 10.1. The van der Waals surface area contributed by atoms with E-state index in [-0.39, 0.29) is 18.2 Å². The largest absolute Gasteiger partial charge is 0.502 e. The highest BCUT2D eigenvalue weighted by Gasteiger charge is 2.37. The molecule has 1 aromatic heterocycles. The number of carbonyl (C=O) groups excluding carboxylic acids is 1. The van der Waals surface area contributed by atoms with Gasteiger partial charge in [0.05, 0.1) is 23.3 Å². The molecule has 8 heteroatoms.